The molecule has 1 amide bonds. The van der Waals surface area contributed by atoms with Gasteiger partial charge in [0.15, 0.2) is 0 Å². The van der Waals surface area contributed by atoms with Crippen LogP contribution < -0.4 is 5.32 Å². The van der Waals surface area contributed by atoms with E-state index in [1.165, 1.54) is 11.9 Å². The molecule has 6 nitrogen and oxygen atoms in total. The number of carbonyl (C=O) groups is 1. The minimum Gasteiger partial charge on any atom is -0.348 e. The Kier molecular flexibility index (Phi) is 5.76. The van der Waals surface area contributed by atoms with Crippen molar-refractivity contribution in [3.63, 3.8) is 0 Å². The highest BCUT2D eigenvalue weighted by molar-refractivity contribution is 5.94. The van der Waals surface area contributed by atoms with Gasteiger partial charge in [0, 0.05) is 18.7 Å². The maximum Gasteiger partial charge on any atom is 0.251 e. The average molecular weight is 349 g/mol. The second-order valence-electron chi connectivity index (χ2n) is 6.48. The summed E-state index contributed by atoms with van der Waals surface area (Å²) in [6.07, 6.45) is 3.18. The van der Waals surface area contributed by atoms with Gasteiger partial charge < -0.3 is 10.2 Å². The molecule has 0 aliphatic heterocycles. The highest BCUT2D eigenvalue weighted by atomic mass is 16.1. The molecule has 0 unspecified atom stereocenters. The minimum absolute atomic E-state index is 0.0723. The highest BCUT2D eigenvalue weighted by Gasteiger charge is 2.08. The molecule has 6 heteroatoms. The highest BCUT2D eigenvalue weighted by Crippen LogP contribution is 2.11. The minimum atomic E-state index is -0.0723. The number of aromatic nitrogens is 3. The van der Waals surface area contributed by atoms with Gasteiger partial charge in [-0.05, 0) is 42.9 Å². The molecule has 1 N–H and O–H groups in total. The summed E-state index contributed by atoms with van der Waals surface area (Å²) in [7, 11) is 4.08. The van der Waals surface area contributed by atoms with Crippen molar-refractivity contribution in [1.82, 2.24) is 25.0 Å². The van der Waals surface area contributed by atoms with Gasteiger partial charge in [-0.15, -0.1) is 0 Å². The molecule has 26 heavy (non-hydrogen) atoms. The van der Waals surface area contributed by atoms with Crippen LogP contribution in [0.3, 0.4) is 0 Å². The molecular weight excluding hydrogens is 326 g/mol. The normalized spacial score (nSPS) is 10.9. The van der Waals surface area contributed by atoms with Gasteiger partial charge in [-0.25, -0.2) is 9.67 Å². The molecule has 3 rings (SSSR count). The van der Waals surface area contributed by atoms with E-state index in [1.54, 1.807) is 11.0 Å². The Morgan fingerprint density at radius 3 is 2.46 bits per heavy atom. The Labute approximate surface area is 153 Å². The summed E-state index contributed by atoms with van der Waals surface area (Å²) < 4.78 is 1.75. The van der Waals surface area contributed by atoms with Crippen LogP contribution in [0.1, 0.15) is 27.0 Å². The van der Waals surface area contributed by atoms with Crippen molar-refractivity contribution in [2.24, 2.45) is 0 Å². The molecule has 0 spiro atoms. The molecule has 0 fully saturated rings. The summed E-state index contributed by atoms with van der Waals surface area (Å²) in [5.41, 5.74) is 4.08. The molecule has 0 saturated carbocycles. The molecule has 134 valence electrons. The third-order valence-corrected chi connectivity index (χ3v) is 4.07. The number of amides is 1. The lowest BCUT2D eigenvalue weighted by molar-refractivity contribution is 0.0951. The first-order chi connectivity index (χ1) is 12.6. The van der Waals surface area contributed by atoms with Gasteiger partial charge in [0.05, 0.1) is 6.54 Å². The molecule has 0 aliphatic rings. The largest absolute Gasteiger partial charge is 0.348 e. The molecule has 0 atom stereocenters. The summed E-state index contributed by atoms with van der Waals surface area (Å²) >= 11 is 0. The van der Waals surface area contributed by atoms with E-state index in [1.807, 2.05) is 50.5 Å². The van der Waals surface area contributed by atoms with E-state index in [2.05, 4.69) is 32.4 Å². The Balaban J connectivity index is 1.60. The molecule has 0 bridgehead atoms. The molecule has 2 aromatic carbocycles. The predicted molar refractivity (Wildman–Crippen MR) is 101 cm³/mol. The number of carbonyl (C=O) groups excluding carboxylic acids is 1. The van der Waals surface area contributed by atoms with Crippen molar-refractivity contribution in [3.8, 4) is 0 Å². The van der Waals surface area contributed by atoms with Crippen LogP contribution in [0.5, 0.6) is 0 Å². The van der Waals surface area contributed by atoms with Crippen molar-refractivity contribution in [2.45, 2.75) is 19.6 Å². The number of nitrogens with one attached hydrogen (secondary N) is 1. The predicted octanol–water partition coefficient (Wildman–Crippen LogP) is 2.32. The van der Waals surface area contributed by atoms with Gasteiger partial charge >= 0.3 is 0 Å². The molecule has 0 radical (unpaired) electrons. The molecule has 0 aliphatic carbocycles. The monoisotopic (exact) mass is 349 g/mol. The van der Waals surface area contributed by atoms with Gasteiger partial charge in [0.25, 0.3) is 5.91 Å². The van der Waals surface area contributed by atoms with Crippen LogP contribution in [0.25, 0.3) is 0 Å². The number of hydrogen-bond acceptors (Lipinski definition) is 4. The topological polar surface area (TPSA) is 63.1 Å². The first-order valence-electron chi connectivity index (χ1n) is 8.53. The lowest BCUT2D eigenvalue weighted by Crippen LogP contribution is -2.24. The molecule has 3 aromatic rings. The molecule has 1 aromatic heterocycles. The number of benzene rings is 2. The zero-order valence-electron chi connectivity index (χ0n) is 15.1. The van der Waals surface area contributed by atoms with Crippen molar-refractivity contribution < 1.29 is 4.79 Å². The van der Waals surface area contributed by atoms with E-state index >= 15 is 0 Å². The standard InChI is InChI=1S/C20H23N5O/c1-24(2)13-19-6-4-3-5-18(19)11-22-20(26)17-9-7-16(8-10-17)12-25-15-21-14-23-25/h3-10,14-15H,11-13H2,1-2H3,(H,22,26). The molecule has 1 heterocycles. The quantitative estimate of drug-likeness (QED) is 0.711. The lowest BCUT2D eigenvalue weighted by atomic mass is 10.1. The molecular formula is C20H23N5O. The second-order valence-corrected chi connectivity index (χ2v) is 6.48. The van der Waals surface area contributed by atoms with E-state index in [9.17, 15) is 4.79 Å². The lowest BCUT2D eigenvalue weighted by Gasteiger charge is -2.14. The summed E-state index contributed by atoms with van der Waals surface area (Å²) in [4.78, 5) is 18.5. The zero-order valence-corrected chi connectivity index (χ0v) is 15.1. The number of rotatable bonds is 7. The van der Waals surface area contributed by atoms with Crippen LogP contribution >= 0.6 is 0 Å². The van der Waals surface area contributed by atoms with Crippen LogP contribution in [0, 0.1) is 0 Å². The second kappa shape index (κ2) is 8.40. The average Bonchev–Trinajstić information content (AvgIpc) is 3.14. The maximum atomic E-state index is 12.4. The van der Waals surface area contributed by atoms with Crippen molar-refractivity contribution in [1.29, 1.82) is 0 Å². The van der Waals surface area contributed by atoms with Crippen LogP contribution in [0.15, 0.2) is 61.2 Å². The Morgan fingerprint density at radius 1 is 1.08 bits per heavy atom. The fourth-order valence-electron chi connectivity index (χ4n) is 2.77. The van der Waals surface area contributed by atoms with Crippen molar-refractivity contribution in [3.05, 3.63) is 83.4 Å². The van der Waals surface area contributed by atoms with E-state index in [0.29, 0.717) is 18.7 Å². The Hall–Kier alpha value is -2.99. The fraction of sp³-hybridized carbons (Fsp3) is 0.250. The van der Waals surface area contributed by atoms with Gasteiger partial charge in [0.1, 0.15) is 12.7 Å². The third kappa shape index (κ3) is 4.77. The Bertz CT molecular complexity index is 841. The third-order valence-electron chi connectivity index (χ3n) is 4.07. The van der Waals surface area contributed by atoms with Crippen LogP contribution in [-0.4, -0.2) is 39.7 Å². The van der Waals surface area contributed by atoms with E-state index < -0.39 is 0 Å². The Morgan fingerprint density at radius 2 is 1.81 bits per heavy atom. The first kappa shape index (κ1) is 17.8. The summed E-state index contributed by atoms with van der Waals surface area (Å²) in [6.45, 7) is 2.01. The van der Waals surface area contributed by atoms with Gasteiger partial charge in [-0.2, -0.15) is 5.10 Å². The molecule has 0 saturated heterocycles. The van der Waals surface area contributed by atoms with Crippen LogP contribution in [0.4, 0.5) is 0 Å². The number of nitrogens with zero attached hydrogens (tertiary/aromatic N) is 4. The fourth-order valence-corrected chi connectivity index (χ4v) is 2.77. The van der Waals surface area contributed by atoms with Crippen LogP contribution in [0.2, 0.25) is 0 Å². The first-order valence-corrected chi connectivity index (χ1v) is 8.53. The zero-order chi connectivity index (χ0) is 18.4. The smallest absolute Gasteiger partial charge is 0.251 e. The SMILES string of the molecule is CN(C)Cc1ccccc1CNC(=O)c1ccc(Cn2cncn2)cc1. The van der Waals surface area contributed by atoms with Gasteiger partial charge in [-0.1, -0.05) is 36.4 Å². The maximum absolute atomic E-state index is 12.4. The van der Waals surface area contributed by atoms with E-state index in [0.717, 1.165) is 17.7 Å². The van der Waals surface area contributed by atoms with E-state index in [-0.39, 0.29) is 5.91 Å². The van der Waals surface area contributed by atoms with Gasteiger partial charge in [0.2, 0.25) is 0 Å². The summed E-state index contributed by atoms with van der Waals surface area (Å²) in [5, 5.41) is 7.09. The number of hydrogen-bond donors (Lipinski definition) is 1. The van der Waals surface area contributed by atoms with Crippen molar-refractivity contribution >= 4 is 5.91 Å². The summed E-state index contributed by atoms with van der Waals surface area (Å²) in [5.74, 6) is -0.0723. The summed E-state index contributed by atoms with van der Waals surface area (Å²) in [6, 6.07) is 15.7. The van der Waals surface area contributed by atoms with Crippen LogP contribution in [-0.2, 0) is 19.6 Å². The van der Waals surface area contributed by atoms with Gasteiger partial charge in [-0.3, -0.25) is 4.79 Å². The van der Waals surface area contributed by atoms with Crippen molar-refractivity contribution in [2.75, 3.05) is 14.1 Å². The van der Waals surface area contributed by atoms with E-state index in [4.69, 9.17) is 0 Å².